The molecule has 0 aliphatic carbocycles. The van der Waals surface area contributed by atoms with Crippen molar-refractivity contribution in [3.63, 3.8) is 0 Å². The molecule has 2 rings (SSSR count). The first kappa shape index (κ1) is 21.6. The molecule has 0 spiro atoms. The zero-order valence-corrected chi connectivity index (χ0v) is 18.4. The summed E-state index contributed by atoms with van der Waals surface area (Å²) in [5.41, 5.74) is 4.34. The van der Waals surface area contributed by atoms with Gasteiger partial charge in [0.1, 0.15) is 5.75 Å². The molecule has 0 heterocycles. The molecule has 0 aliphatic rings. The maximum absolute atomic E-state index is 12.8. The summed E-state index contributed by atoms with van der Waals surface area (Å²) in [6, 6.07) is 12.2. The summed E-state index contributed by atoms with van der Waals surface area (Å²) < 4.78 is 6.04. The summed E-state index contributed by atoms with van der Waals surface area (Å²) in [7, 11) is 0.147. The van der Waals surface area contributed by atoms with Crippen LogP contribution in [0.5, 0.6) is 5.75 Å². The van der Waals surface area contributed by atoms with Gasteiger partial charge in [-0.05, 0) is 75.8 Å². The molecule has 2 nitrogen and oxygen atoms in total. The lowest BCUT2D eigenvalue weighted by Crippen LogP contribution is -2.12. The Hall–Kier alpha value is -1.66. The molecule has 0 N–H and O–H groups in total. The van der Waals surface area contributed by atoms with E-state index < -0.39 is 0 Å². The van der Waals surface area contributed by atoms with Gasteiger partial charge in [-0.2, -0.15) is 0 Å². The molecule has 0 saturated heterocycles. The first-order valence-electron chi connectivity index (χ1n) is 10.1. The van der Waals surface area contributed by atoms with Crippen molar-refractivity contribution in [3.05, 3.63) is 58.7 Å². The highest BCUT2D eigenvalue weighted by atomic mass is 31.1. The fraction of sp³-hybridized carbons (Fsp3) is 0.458. The van der Waals surface area contributed by atoms with Gasteiger partial charge in [0.25, 0.3) is 0 Å². The summed E-state index contributed by atoms with van der Waals surface area (Å²) in [5, 5.41) is 1.10. The predicted octanol–water partition coefficient (Wildman–Crippen LogP) is 6.35. The van der Waals surface area contributed by atoms with E-state index in [1.807, 2.05) is 38.1 Å². The van der Waals surface area contributed by atoms with Crippen LogP contribution in [0.4, 0.5) is 0 Å². The third-order valence-electron chi connectivity index (χ3n) is 5.18. The highest BCUT2D eigenvalue weighted by Crippen LogP contribution is 2.26. The van der Waals surface area contributed by atoms with Crippen LogP contribution < -0.4 is 10.0 Å². The van der Waals surface area contributed by atoms with Gasteiger partial charge >= 0.3 is 0 Å². The van der Waals surface area contributed by atoms with Gasteiger partial charge in [0, 0.05) is 5.56 Å². The summed E-state index contributed by atoms with van der Waals surface area (Å²) in [6.45, 7) is 11.3. The first-order valence-corrected chi connectivity index (χ1v) is 11.1. The lowest BCUT2D eigenvalue weighted by Gasteiger charge is -2.16. The molecule has 0 saturated carbocycles. The SMILES string of the molecule is CCCCC(CC)COc1ccc(PC(=O)c2c(C)cccc2C)c(C)c1. The Balaban J connectivity index is 2.03. The number of unbranched alkanes of at least 4 members (excludes halogenated alkanes) is 1. The largest absolute Gasteiger partial charge is 0.493 e. The molecule has 0 fully saturated rings. The number of hydrogen-bond acceptors (Lipinski definition) is 2. The Bertz CT molecular complexity index is 747. The fourth-order valence-corrected chi connectivity index (χ4v) is 4.54. The third-order valence-corrected chi connectivity index (χ3v) is 6.49. The third kappa shape index (κ3) is 6.18. The minimum Gasteiger partial charge on any atom is -0.493 e. The molecule has 0 bridgehead atoms. The topological polar surface area (TPSA) is 26.3 Å². The first-order chi connectivity index (χ1) is 13.0. The van der Waals surface area contributed by atoms with E-state index in [1.54, 1.807) is 0 Å². The van der Waals surface area contributed by atoms with Crippen molar-refractivity contribution >= 4 is 19.4 Å². The molecule has 2 unspecified atom stereocenters. The second-order valence-corrected chi connectivity index (χ2v) is 8.67. The number of benzene rings is 2. The lowest BCUT2D eigenvalue weighted by atomic mass is 10.0. The van der Waals surface area contributed by atoms with Gasteiger partial charge in [0.15, 0.2) is 5.52 Å². The van der Waals surface area contributed by atoms with Gasteiger partial charge in [-0.25, -0.2) is 0 Å². The van der Waals surface area contributed by atoms with Gasteiger partial charge in [-0.3, -0.25) is 4.79 Å². The van der Waals surface area contributed by atoms with Crippen LogP contribution in [0, 0.1) is 26.7 Å². The second kappa shape index (κ2) is 10.6. The Kier molecular flexibility index (Phi) is 8.51. The fourth-order valence-electron chi connectivity index (χ4n) is 3.34. The van der Waals surface area contributed by atoms with E-state index in [2.05, 4.69) is 32.9 Å². The molecule has 3 heteroatoms. The van der Waals surface area contributed by atoms with Gasteiger partial charge < -0.3 is 4.74 Å². The zero-order valence-electron chi connectivity index (χ0n) is 17.4. The maximum Gasteiger partial charge on any atom is 0.186 e. The van der Waals surface area contributed by atoms with E-state index in [0.29, 0.717) is 5.92 Å². The summed E-state index contributed by atoms with van der Waals surface area (Å²) >= 11 is 0. The number of ether oxygens (including phenoxy) is 1. The molecule has 27 heavy (non-hydrogen) atoms. The molecule has 146 valence electrons. The van der Waals surface area contributed by atoms with Crippen molar-refractivity contribution in [2.24, 2.45) is 5.92 Å². The molecule has 0 amide bonds. The number of aryl methyl sites for hydroxylation is 3. The monoisotopic (exact) mass is 384 g/mol. The smallest absolute Gasteiger partial charge is 0.186 e. The van der Waals surface area contributed by atoms with Gasteiger partial charge in [-0.15, -0.1) is 0 Å². The van der Waals surface area contributed by atoms with Crippen molar-refractivity contribution in [2.75, 3.05) is 6.61 Å². The Morgan fingerprint density at radius 1 is 1.04 bits per heavy atom. The second-order valence-electron chi connectivity index (χ2n) is 7.43. The minimum absolute atomic E-state index is 0.147. The number of carbonyl (C=O) groups excluding carboxylic acids is 1. The van der Waals surface area contributed by atoms with Crippen molar-refractivity contribution in [2.45, 2.75) is 60.3 Å². The Labute approximate surface area is 166 Å². The highest BCUT2D eigenvalue weighted by Gasteiger charge is 2.14. The van der Waals surface area contributed by atoms with E-state index >= 15 is 0 Å². The van der Waals surface area contributed by atoms with E-state index in [9.17, 15) is 4.79 Å². The molecule has 2 atom stereocenters. The van der Waals surface area contributed by atoms with Crippen LogP contribution >= 0.6 is 8.58 Å². The summed E-state index contributed by atoms with van der Waals surface area (Å²) in [5.74, 6) is 1.54. The molecule has 0 aromatic heterocycles. The van der Waals surface area contributed by atoms with Crippen molar-refractivity contribution < 1.29 is 9.53 Å². The molecular weight excluding hydrogens is 351 g/mol. The minimum atomic E-state index is 0.147. The van der Waals surface area contributed by atoms with E-state index in [1.165, 1.54) is 19.3 Å². The van der Waals surface area contributed by atoms with Gasteiger partial charge in [0.2, 0.25) is 0 Å². The Morgan fingerprint density at radius 3 is 2.33 bits per heavy atom. The summed E-state index contributed by atoms with van der Waals surface area (Å²) in [4.78, 5) is 12.8. The zero-order chi connectivity index (χ0) is 19.8. The van der Waals surface area contributed by atoms with Crippen LogP contribution in [0.15, 0.2) is 36.4 Å². The molecule has 2 aromatic carbocycles. The Morgan fingerprint density at radius 2 is 1.74 bits per heavy atom. The number of rotatable bonds is 10. The molecular formula is C24H33O2P. The van der Waals surface area contributed by atoms with Crippen LogP contribution in [-0.4, -0.2) is 12.1 Å². The van der Waals surface area contributed by atoms with Crippen LogP contribution in [0.2, 0.25) is 0 Å². The van der Waals surface area contributed by atoms with E-state index in [0.717, 1.165) is 46.3 Å². The summed E-state index contributed by atoms with van der Waals surface area (Å²) in [6.07, 6.45) is 4.89. The molecule has 2 aromatic rings. The normalized spacial score (nSPS) is 12.5. The van der Waals surface area contributed by atoms with Gasteiger partial charge in [0.05, 0.1) is 6.61 Å². The standard InChI is InChI=1S/C24H33O2P/c1-6-8-12-20(7-2)16-26-21-13-14-22(19(5)15-21)27-24(25)23-17(3)10-9-11-18(23)4/h9-11,13-15,20,27H,6-8,12,16H2,1-5H3. The van der Waals surface area contributed by atoms with Crippen molar-refractivity contribution in [1.29, 1.82) is 0 Å². The van der Waals surface area contributed by atoms with Crippen LogP contribution in [0.1, 0.15) is 66.6 Å². The predicted molar refractivity (Wildman–Crippen MR) is 118 cm³/mol. The quantitative estimate of drug-likeness (QED) is 0.446. The number of hydrogen-bond donors (Lipinski definition) is 0. The van der Waals surface area contributed by atoms with Crippen molar-refractivity contribution in [1.82, 2.24) is 0 Å². The maximum atomic E-state index is 12.8. The number of carbonyl (C=O) groups is 1. The van der Waals surface area contributed by atoms with Crippen molar-refractivity contribution in [3.8, 4) is 5.75 Å². The van der Waals surface area contributed by atoms with Crippen LogP contribution in [0.3, 0.4) is 0 Å². The molecule has 0 aliphatic heterocycles. The van der Waals surface area contributed by atoms with Gasteiger partial charge in [-0.1, -0.05) is 57.4 Å². The van der Waals surface area contributed by atoms with E-state index in [-0.39, 0.29) is 14.1 Å². The average molecular weight is 385 g/mol. The van der Waals surface area contributed by atoms with Crippen LogP contribution in [-0.2, 0) is 0 Å². The van der Waals surface area contributed by atoms with Crippen LogP contribution in [0.25, 0.3) is 0 Å². The lowest BCUT2D eigenvalue weighted by molar-refractivity contribution is 0.108. The van der Waals surface area contributed by atoms with E-state index in [4.69, 9.17) is 4.74 Å². The average Bonchev–Trinajstić information content (AvgIpc) is 2.64. The highest BCUT2D eigenvalue weighted by molar-refractivity contribution is 7.66. The molecule has 0 radical (unpaired) electrons.